The summed E-state index contributed by atoms with van der Waals surface area (Å²) >= 11 is 0. The maximum Gasteiger partial charge on any atom is 2.00 e. The van der Waals surface area contributed by atoms with E-state index in [2.05, 4.69) is 5.32 Å². The number of imide groups is 4. The Kier molecular flexibility index (Phi) is 6.34. The Balaban J connectivity index is 0.00000243. The molecule has 1 fully saturated rings. The third kappa shape index (κ3) is 3.20. The van der Waals surface area contributed by atoms with Gasteiger partial charge in [0.25, 0.3) is 11.8 Å². The van der Waals surface area contributed by atoms with Gasteiger partial charge < -0.3 is 0 Å². The van der Waals surface area contributed by atoms with Crippen LogP contribution in [0.2, 0.25) is 0 Å². The molecule has 0 bridgehead atoms. The fourth-order valence-electron chi connectivity index (χ4n) is 3.03. The molecule has 2 aromatic rings. The normalized spacial score (nSPS) is 19.6. The molecule has 0 saturated carbocycles. The van der Waals surface area contributed by atoms with Crippen LogP contribution in [-0.4, -0.2) is 66.4 Å². The van der Waals surface area contributed by atoms with Crippen molar-refractivity contribution in [2.45, 2.75) is 18.8 Å². The Morgan fingerprint density at radius 2 is 1.50 bits per heavy atom. The standard InChI is InChI=1S/C19H16N2O4.Ca/c1-2-19(14-11-7-4-8-12-14)16(23)20-18(25)21(17(19)24)15(22)13-9-5-3-6-10-13;/h3-12H,2H2,1H3,(H,20,23,25);/q;+2. The summed E-state index contributed by atoms with van der Waals surface area (Å²) in [6.07, 6.45) is 0.119. The molecule has 1 heterocycles. The Bertz CT molecular complexity index is 854. The SMILES string of the molecule is CCC1(c2ccccc2)C(=O)NC(=O)N(C(=O)c2ccccc2)C1=O.[Ca+2]. The number of barbiturate groups is 1. The molecule has 1 aliphatic heterocycles. The zero-order valence-corrected chi connectivity index (χ0v) is 16.5. The van der Waals surface area contributed by atoms with Crippen LogP contribution in [0.4, 0.5) is 4.79 Å². The summed E-state index contributed by atoms with van der Waals surface area (Å²) in [5.74, 6) is -2.30. The Hall–Kier alpha value is -2.02. The van der Waals surface area contributed by atoms with Crippen molar-refractivity contribution >= 4 is 61.5 Å². The van der Waals surface area contributed by atoms with E-state index < -0.39 is 29.2 Å². The van der Waals surface area contributed by atoms with Gasteiger partial charge in [-0.2, -0.15) is 4.90 Å². The van der Waals surface area contributed by atoms with Crippen molar-refractivity contribution in [3.8, 4) is 0 Å². The van der Waals surface area contributed by atoms with E-state index in [9.17, 15) is 19.2 Å². The topological polar surface area (TPSA) is 83.6 Å². The number of hydrogen-bond donors (Lipinski definition) is 1. The predicted octanol–water partition coefficient (Wildman–Crippen LogP) is 1.87. The minimum absolute atomic E-state index is 0. The van der Waals surface area contributed by atoms with E-state index in [0.717, 1.165) is 0 Å². The second-order valence-electron chi connectivity index (χ2n) is 5.70. The third-order valence-corrected chi connectivity index (χ3v) is 4.40. The molecule has 0 aromatic heterocycles. The number of carbonyl (C=O) groups excluding carboxylic acids is 4. The maximum atomic E-state index is 13.1. The first-order valence-corrected chi connectivity index (χ1v) is 7.87. The third-order valence-electron chi connectivity index (χ3n) is 4.40. The van der Waals surface area contributed by atoms with Crippen LogP contribution in [-0.2, 0) is 15.0 Å². The quantitative estimate of drug-likeness (QED) is 0.504. The van der Waals surface area contributed by atoms with E-state index in [4.69, 9.17) is 0 Å². The van der Waals surface area contributed by atoms with E-state index in [-0.39, 0.29) is 49.7 Å². The molecule has 26 heavy (non-hydrogen) atoms. The minimum Gasteiger partial charge on any atom is -0.276 e. The van der Waals surface area contributed by atoms with E-state index in [1.165, 1.54) is 12.1 Å². The van der Waals surface area contributed by atoms with Crippen molar-refractivity contribution in [3.63, 3.8) is 0 Å². The van der Waals surface area contributed by atoms with Crippen LogP contribution in [0.1, 0.15) is 29.3 Å². The summed E-state index contributed by atoms with van der Waals surface area (Å²) in [4.78, 5) is 51.2. The van der Waals surface area contributed by atoms with Crippen molar-refractivity contribution < 1.29 is 19.2 Å². The predicted molar refractivity (Wildman–Crippen MR) is 95.3 cm³/mol. The Morgan fingerprint density at radius 1 is 0.962 bits per heavy atom. The summed E-state index contributed by atoms with van der Waals surface area (Å²) < 4.78 is 0. The van der Waals surface area contributed by atoms with Crippen molar-refractivity contribution in [1.82, 2.24) is 10.2 Å². The Labute approximate surface area is 180 Å². The number of amides is 5. The van der Waals surface area contributed by atoms with E-state index >= 15 is 0 Å². The van der Waals surface area contributed by atoms with Gasteiger partial charge in [0, 0.05) is 5.56 Å². The molecule has 5 amide bonds. The molecule has 7 heteroatoms. The number of nitrogens with one attached hydrogen (secondary N) is 1. The summed E-state index contributed by atoms with van der Waals surface area (Å²) in [5.41, 5.74) is -0.976. The molecule has 1 saturated heterocycles. The number of hydrogen-bond acceptors (Lipinski definition) is 4. The second-order valence-corrected chi connectivity index (χ2v) is 5.70. The number of rotatable bonds is 3. The van der Waals surface area contributed by atoms with Gasteiger partial charge in [0.2, 0.25) is 5.91 Å². The molecule has 1 unspecified atom stereocenters. The maximum absolute atomic E-state index is 13.1. The summed E-state index contributed by atoms with van der Waals surface area (Å²) in [5, 5.41) is 2.16. The number of nitrogens with zero attached hydrogens (tertiary/aromatic N) is 1. The molecular weight excluding hydrogens is 360 g/mol. The molecule has 126 valence electrons. The molecule has 0 spiro atoms. The summed E-state index contributed by atoms with van der Waals surface area (Å²) in [7, 11) is 0. The molecule has 1 N–H and O–H groups in total. The van der Waals surface area contributed by atoms with Gasteiger partial charge in [-0.3, -0.25) is 19.7 Å². The molecule has 1 aliphatic rings. The molecule has 1 atom stereocenters. The average Bonchev–Trinajstić information content (AvgIpc) is 2.64. The Morgan fingerprint density at radius 3 is 2.04 bits per heavy atom. The average molecular weight is 376 g/mol. The van der Waals surface area contributed by atoms with Crippen molar-refractivity contribution in [2.75, 3.05) is 0 Å². The van der Waals surface area contributed by atoms with Gasteiger partial charge in [0.1, 0.15) is 0 Å². The molecule has 2 aromatic carbocycles. The van der Waals surface area contributed by atoms with E-state index in [1.807, 2.05) is 0 Å². The van der Waals surface area contributed by atoms with Crippen LogP contribution in [0.3, 0.4) is 0 Å². The molecular formula is C19H16CaN2O4+2. The molecule has 0 radical (unpaired) electrons. The van der Waals surface area contributed by atoms with E-state index in [1.54, 1.807) is 55.5 Å². The fraction of sp³-hybridized carbons (Fsp3) is 0.158. The fourth-order valence-corrected chi connectivity index (χ4v) is 3.03. The first-order chi connectivity index (χ1) is 12.0. The van der Waals surface area contributed by atoms with Gasteiger partial charge in [0.15, 0.2) is 5.41 Å². The first-order valence-electron chi connectivity index (χ1n) is 7.87. The van der Waals surface area contributed by atoms with Crippen LogP contribution in [0, 0.1) is 0 Å². The van der Waals surface area contributed by atoms with Crippen molar-refractivity contribution in [3.05, 3.63) is 71.8 Å². The van der Waals surface area contributed by atoms with Gasteiger partial charge in [-0.15, -0.1) is 0 Å². The molecule has 3 rings (SSSR count). The van der Waals surface area contributed by atoms with Gasteiger partial charge >= 0.3 is 43.8 Å². The second kappa shape index (κ2) is 8.12. The molecule has 6 nitrogen and oxygen atoms in total. The molecule has 0 aliphatic carbocycles. The number of carbonyl (C=O) groups is 4. The van der Waals surface area contributed by atoms with Crippen LogP contribution < -0.4 is 5.32 Å². The first kappa shape index (κ1) is 20.3. The van der Waals surface area contributed by atoms with Gasteiger partial charge in [-0.25, -0.2) is 4.79 Å². The van der Waals surface area contributed by atoms with Crippen LogP contribution in [0.25, 0.3) is 0 Å². The summed E-state index contributed by atoms with van der Waals surface area (Å²) in [6.45, 7) is 1.67. The van der Waals surface area contributed by atoms with Gasteiger partial charge in [-0.05, 0) is 24.1 Å². The van der Waals surface area contributed by atoms with E-state index in [0.29, 0.717) is 10.5 Å². The largest absolute Gasteiger partial charge is 2.00 e. The van der Waals surface area contributed by atoms with Gasteiger partial charge in [0.05, 0.1) is 0 Å². The van der Waals surface area contributed by atoms with Crippen molar-refractivity contribution in [1.29, 1.82) is 0 Å². The van der Waals surface area contributed by atoms with Crippen molar-refractivity contribution in [2.24, 2.45) is 0 Å². The number of urea groups is 1. The van der Waals surface area contributed by atoms with Crippen LogP contribution >= 0.6 is 0 Å². The smallest absolute Gasteiger partial charge is 0.276 e. The monoisotopic (exact) mass is 376 g/mol. The van der Waals surface area contributed by atoms with Crippen LogP contribution in [0.15, 0.2) is 60.7 Å². The summed E-state index contributed by atoms with van der Waals surface area (Å²) in [6, 6.07) is 15.4. The van der Waals surface area contributed by atoms with Crippen LogP contribution in [0.5, 0.6) is 0 Å². The van der Waals surface area contributed by atoms with Gasteiger partial charge in [-0.1, -0.05) is 55.5 Å². The zero-order valence-electron chi connectivity index (χ0n) is 14.3. The number of benzene rings is 2. The zero-order chi connectivity index (χ0) is 18.0. The minimum atomic E-state index is -1.61.